The molecule has 0 aliphatic carbocycles. The monoisotopic (exact) mass is 374 g/mol. The summed E-state index contributed by atoms with van der Waals surface area (Å²) in [5.74, 6) is -1.19. The van der Waals surface area contributed by atoms with E-state index in [9.17, 15) is 9.59 Å². The van der Waals surface area contributed by atoms with Crippen LogP contribution < -0.4 is 5.32 Å². The van der Waals surface area contributed by atoms with Crippen molar-refractivity contribution in [1.29, 1.82) is 0 Å². The third-order valence-electron chi connectivity index (χ3n) is 4.30. The average molecular weight is 375 g/mol. The van der Waals surface area contributed by atoms with Crippen molar-refractivity contribution in [1.82, 2.24) is 4.98 Å². The van der Waals surface area contributed by atoms with Gasteiger partial charge in [-0.15, -0.1) is 0 Å². The van der Waals surface area contributed by atoms with E-state index < -0.39 is 23.9 Å². The molecule has 1 amide bonds. The molecule has 0 unspecified atom stereocenters. The first-order valence-corrected chi connectivity index (χ1v) is 8.98. The normalized spacial score (nSPS) is 14.2. The molecule has 1 aromatic heterocycles. The molecule has 0 saturated carbocycles. The Morgan fingerprint density at radius 3 is 2.46 bits per heavy atom. The number of benzene rings is 1. The van der Waals surface area contributed by atoms with E-state index in [-0.39, 0.29) is 11.1 Å². The smallest absolute Gasteiger partial charge is 0.314 e. The molecule has 0 fully saturated rings. The third kappa shape index (κ3) is 5.05. The van der Waals surface area contributed by atoms with Gasteiger partial charge in [0.25, 0.3) is 5.91 Å². The summed E-state index contributed by atoms with van der Waals surface area (Å²) in [5.41, 5.74) is 1.26. The maximum Gasteiger partial charge on any atom is 0.314 e. The number of carbonyl (C=O) groups excluding carboxylic acids is 2. The minimum atomic E-state index is -0.950. The highest BCUT2D eigenvalue weighted by Gasteiger charge is 2.30. The Hall–Kier alpha value is -2.40. The molecular formula is C20H23ClN2O3. The van der Waals surface area contributed by atoms with Crippen molar-refractivity contribution in [2.45, 2.75) is 39.2 Å². The van der Waals surface area contributed by atoms with Gasteiger partial charge in [0.05, 0.1) is 11.6 Å². The number of halogens is 1. The molecule has 1 aromatic carbocycles. The van der Waals surface area contributed by atoms with Crippen molar-refractivity contribution in [2.24, 2.45) is 5.92 Å². The maximum absolute atomic E-state index is 12.7. The molecule has 0 spiro atoms. The van der Waals surface area contributed by atoms with E-state index in [0.29, 0.717) is 5.69 Å². The molecule has 5 nitrogen and oxygen atoms in total. The second-order valence-electron chi connectivity index (χ2n) is 6.18. The summed E-state index contributed by atoms with van der Waals surface area (Å²) >= 11 is 5.94. The van der Waals surface area contributed by atoms with Crippen molar-refractivity contribution < 1.29 is 14.3 Å². The molecule has 3 atom stereocenters. The molecule has 0 aliphatic heterocycles. The molecule has 1 N–H and O–H groups in total. The molecule has 2 rings (SSSR count). The summed E-state index contributed by atoms with van der Waals surface area (Å²) in [6.07, 6.45) is 1.40. The first-order valence-electron chi connectivity index (χ1n) is 8.60. The Balaban J connectivity index is 2.08. The average Bonchev–Trinajstić information content (AvgIpc) is 2.64. The predicted molar refractivity (Wildman–Crippen MR) is 102 cm³/mol. The van der Waals surface area contributed by atoms with Crippen molar-refractivity contribution in [3.8, 4) is 0 Å². The zero-order valence-electron chi connectivity index (χ0n) is 15.1. The fraction of sp³-hybridized carbons (Fsp3) is 0.350. The molecule has 0 saturated heterocycles. The minimum absolute atomic E-state index is 0.0907. The van der Waals surface area contributed by atoms with Crippen LogP contribution in [-0.2, 0) is 14.3 Å². The number of nitrogens with one attached hydrogen (secondary N) is 1. The van der Waals surface area contributed by atoms with Crippen molar-refractivity contribution in [3.63, 3.8) is 0 Å². The van der Waals surface area contributed by atoms with Crippen LogP contribution in [0.15, 0.2) is 48.7 Å². The van der Waals surface area contributed by atoms with E-state index >= 15 is 0 Å². The van der Waals surface area contributed by atoms with Gasteiger partial charge in [0.1, 0.15) is 0 Å². The van der Waals surface area contributed by atoms with Crippen LogP contribution >= 0.6 is 11.6 Å². The molecule has 2 aromatic rings. The minimum Gasteiger partial charge on any atom is -0.452 e. The van der Waals surface area contributed by atoms with Crippen LogP contribution in [0.25, 0.3) is 0 Å². The van der Waals surface area contributed by atoms with Gasteiger partial charge in [-0.25, -0.2) is 4.98 Å². The van der Waals surface area contributed by atoms with Gasteiger partial charge in [-0.1, -0.05) is 62.2 Å². The van der Waals surface area contributed by atoms with Gasteiger partial charge in [-0.3, -0.25) is 9.59 Å². The summed E-state index contributed by atoms with van der Waals surface area (Å²) in [4.78, 5) is 29.0. The molecular weight excluding hydrogens is 352 g/mol. The summed E-state index contributed by atoms with van der Waals surface area (Å²) in [5, 5.41) is 2.81. The predicted octanol–water partition coefficient (Wildman–Crippen LogP) is 4.44. The van der Waals surface area contributed by atoms with Gasteiger partial charge in [-0.05, 0) is 30.5 Å². The van der Waals surface area contributed by atoms with Crippen LogP contribution in [0, 0.1) is 5.92 Å². The van der Waals surface area contributed by atoms with Crippen LogP contribution in [0.1, 0.15) is 38.7 Å². The lowest BCUT2D eigenvalue weighted by molar-refractivity contribution is -0.155. The number of amides is 1. The second-order valence-corrected chi connectivity index (χ2v) is 6.54. The zero-order valence-corrected chi connectivity index (χ0v) is 15.9. The number of carbonyl (C=O) groups is 2. The lowest BCUT2D eigenvalue weighted by Gasteiger charge is -2.24. The number of aromatic nitrogens is 1. The van der Waals surface area contributed by atoms with Gasteiger partial charge in [0.15, 0.2) is 11.3 Å². The van der Waals surface area contributed by atoms with Crippen LogP contribution in [0.5, 0.6) is 0 Å². The molecule has 138 valence electrons. The van der Waals surface area contributed by atoms with Crippen LogP contribution in [0.2, 0.25) is 5.15 Å². The van der Waals surface area contributed by atoms with Gasteiger partial charge >= 0.3 is 5.97 Å². The van der Waals surface area contributed by atoms with E-state index in [0.717, 1.165) is 12.0 Å². The van der Waals surface area contributed by atoms with Crippen molar-refractivity contribution >= 4 is 29.2 Å². The van der Waals surface area contributed by atoms with Gasteiger partial charge < -0.3 is 10.1 Å². The van der Waals surface area contributed by atoms with Gasteiger partial charge in [0, 0.05) is 6.20 Å². The molecule has 0 radical (unpaired) electrons. The largest absolute Gasteiger partial charge is 0.452 e. The van der Waals surface area contributed by atoms with Gasteiger partial charge in [-0.2, -0.15) is 0 Å². The Morgan fingerprint density at radius 2 is 1.85 bits per heavy atom. The number of hydrogen-bond acceptors (Lipinski definition) is 4. The highest BCUT2D eigenvalue weighted by molar-refractivity contribution is 6.32. The first-order chi connectivity index (χ1) is 12.4. The molecule has 26 heavy (non-hydrogen) atoms. The summed E-state index contributed by atoms with van der Waals surface area (Å²) < 4.78 is 5.45. The van der Waals surface area contributed by atoms with E-state index in [1.54, 1.807) is 12.1 Å². The Morgan fingerprint density at radius 1 is 1.15 bits per heavy atom. The summed E-state index contributed by atoms with van der Waals surface area (Å²) in [7, 11) is 0. The lowest BCUT2D eigenvalue weighted by Crippen LogP contribution is -2.33. The van der Waals surface area contributed by atoms with Crippen LogP contribution in [0.4, 0.5) is 5.69 Å². The fourth-order valence-corrected chi connectivity index (χ4v) is 2.77. The lowest BCUT2D eigenvalue weighted by atomic mass is 9.85. The standard InChI is InChI=1S/C20H23ClN2O3/c1-4-13(2)17(15-9-6-5-7-10-15)20(25)26-14(3)19(24)23-16-11-8-12-22-18(16)21/h5-14,17H,4H2,1-3H3,(H,23,24)/t13-,14+,17-/m1/s1. The second kappa shape index (κ2) is 9.34. The van der Waals surface area contributed by atoms with E-state index in [2.05, 4.69) is 10.3 Å². The maximum atomic E-state index is 12.7. The number of pyridine rings is 1. The molecule has 1 heterocycles. The number of hydrogen-bond donors (Lipinski definition) is 1. The number of esters is 1. The Bertz CT molecular complexity index is 752. The van der Waals surface area contributed by atoms with Crippen molar-refractivity contribution in [3.05, 3.63) is 59.4 Å². The zero-order chi connectivity index (χ0) is 19.1. The van der Waals surface area contributed by atoms with E-state index in [1.165, 1.54) is 13.1 Å². The fourth-order valence-electron chi connectivity index (χ4n) is 2.61. The highest BCUT2D eigenvalue weighted by Crippen LogP contribution is 2.29. The number of nitrogens with zero attached hydrogens (tertiary/aromatic N) is 1. The molecule has 0 aliphatic rings. The SMILES string of the molecule is CC[C@@H](C)[C@@H](C(=O)O[C@@H](C)C(=O)Nc1cccnc1Cl)c1ccccc1. The number of anilines is 1. The van der Waals surface area contributed by atoms with Crippen LogP contribution in [-0.4, -0.2) is 23.0 Å². The van der Waals surface area contributed by atoms with E-state index in [4.69, 9.17) is 16.3 Å². The molecule has 6 heteroatoms. The van der Waals surface area contributed by atoms with Gasteiger partial charge in [0.2, 0.25) is 0 Å². The summed E-state index contributed by atoms with van der Waals surface area (Å²) in [6, 6.07) is 12.8. The number of rotatable bonds is 7. The Kier molecular flexibility index (Phi) is 7.16. The molecule has 0 bridgehead atoms. The quantitative estimate of drug-likeness (QED) is 0.574. The van der Waals surface area contributed by atoms with Crippen molar-refractivity contribution in [2.75, 3.05) is 5.32 Å². The highest BCUT2D eigenvalue weighted by atomic mass is 35.5. The number of ether oxygens (including phenoxy) is 1. The summed E-state index contributed by atoms with van der Waals surface area (Å²) in [6.45, 7) is 5.56. The van der Waals surface area contributed by atoms with Crippen LogP contribution in [0.3, 0.4) is 0 Å². The first kappa shape index (κ1) is 19.9. The van der Waals surface area contributed by atoms with E-state index in [1.807, 2.05) is 44.2 Å². The topological polar surface area (TPSA) is 68.3 Å². The Labute approximate surface area is 158 Å². The third-order valence-corrected chi connectivity index (χ3v) is 4.61.